The maximum atomic E-state index is 12.4. The molecule has 5 heteroatoms. The Hall–Kier alpha value is -2.82. The van der Waals surface area contributed by atoms with Crippen molar-refractivity contribution < 1.29 is 14.1 Å². The Morgan fingerprint density at radius 3 is 2.96 bits per heavy atom. The van der Waals surface area contributed by atoms with E-state index in [1.54, 1.807) is 0 Å². The van der Waals surface area contributed by atoms with Gasteiger partial charge in [0.15, 0.2) is 5.58 Å². The number of nitrogens with zero attached hydrogens (tertiary/aromatic N) is 1. The van der Waals surface area contributed by atoms with E-state index in [0.29, 0.717) is 17.9 Å². The summed E-state index contributed by atoms with van der Waals surface area (Å²) in [5.41, 5.74) is 2.39. The molecule has 2 heterocycles. The third kappa shape index (κ3) is 2.65. The molecule has 0 radical (unpaired) electrons. The van der Waals surface area contributed by atoms with Gasteiger partial charge in [-0.3, -0.25) is 4.79 Å². The van der Waals surface area contributed by atoms with Gasteiger partial charge in [0.1, 0.15) is 11.4 Å². The van der Waals surface area contributed by atoms with Gasteiger partial charge >= 0.3 is 0 Å². The van der Waals surface area contributed by atoms with Crippen molar-refractivity contribution in [3.05, 3.63) is 59.8 Å². The van der Waals surface area contributed by atoms with Crippen LogP contribution in [0, 0.1) is 0 Å². The maximum absolute atomic E-state index is 12.4. The van der Waals surface area contributed by atoms with Gasteiger partial charge in [0, 0.05) is 17.4 Å². The summed E-state index contributed by atoms with van der Waals surface area (Å²) in [6.07, 6.45) is 0.971. The zero-order chi connectivity index (χ0) is 15.6. The van der Waals surface area contributed by atoms with Crippen LogP contribution in [0.3, 0.4) is 0 Å². The van der Waals surface area contributed by atoms with Crippen LogP contribution in [0.15, 0.2) is 53.1 Å². The Kier molecular flexibility index (Phi) is 3.46. The van der Waals surface area contributed by atoms with Crippen LogP contribution in [-0.2, 0) is 11.2 Å². The predicted octanol–water partition coefficient (Wildman–Crippen LogP) is 3.01. The molecule has 1 atom stereocenters. The van der Waals surface area contributed by atoms with E-state index in [4.69, 9.17) is 9.26 Å². The lowest BCUT2D eigenvalue weighted by molar-refractivity contribution is -0.121. The van der Waals surface area contributed by atoms with Crippen molar-refractivity contribution in [3.8, 4) is 5.75 Å². The van der Waals surface area contributed by atoms with Crippen molar-refractivity contribution in [1.29, 1.82) is 0 Å². The van der Waals surface area contributed by atoms with E-state index >= 15 is 0 Å². The first-order valence-corrected chi connectivity index (χ1v) is 7.65. The second kappa shape index (κ2) is 5.76. The van der Waals surface area contributed by atoms with Crippen LogP contribution >= 0.6 is 0 Å². The number of benzene rings is 2. The Morgan fingerprint density at radius 1 is 1.17 bits per heavy atom. The Balaban J connectivity index is 1.51. The molecule has 116 valence electrons. The number of nitrogens with one attached hydrogen (secondary N) is 1. The first-order chi connectivity index (χ1) is 11.3. The Labute approximate surface area is 133 Å². The molecule has 0 saturated heterocycles. The lowest BCUT2D eigenvalue weighted by Crippen LogP contribution is -2.33. The summed E-state index contributed by atoms with van der Waals surface area (Å²) >= 11 is 0. The molecule has 1 aliphatic rings. The van der Waals surface area contributed by atoms with Gasteiger partial charge in [-0.1, -0.05) is 35.5 Å². The molecule has 0 saturated carbocycles. The summed E-state index contributed by atoms with van der Waals surface area (Å²) in [6, 6.07) is 15.3. The molecule has 0 aliphatic carbocycles. The third-order valence-corrected chi connectivity index (χ3v) is 4.07. The number of para-hydroxylation sites is 2. The average Bonchev–Trinajstić information content (AvgIpc) is 2.98. The van der Waals surface area contributed by atoms with Gasteiger partial charge in [0.25, 0.3) is 0 Å². The molecule has 3 aromatic rings. The first-order valence-electron chi connectivity index (χ1n) is 7.65. The Bertz CT molecular complexity index is 856. The van der Waals surface area contributed by atoms with Gasteiger partial charge in [0.2, 0.25) is 5.91 Å². The summed E-state index contributed by atoms with van der Waals surface area (Å²) in [5.74, 6) is 0.779. The molecule has 23 heavy (non-hydrogen) atoms. The number of amides is 1. The highest BCUT2D eigenvalue weighted by molar-refractivity contribution is 5.86. The van der Waals surface area contributed by atoms with E-state index in [2.05, 4.69) is 10.5 Å². The molecule has 1 aliphatic heterocycles. The van der Waals surface area contributed by atoms with Crippen LogP contribution in [0.1, 0.15) is 23.7 Å². The van der Waals surface area contributed by atoms with Gasteiger partial charge in [-0.05, 0) is 18.2 Å². The number of fused-ring (bicyclic) bond motifs is 2. The number of hydrogen-bond acceptors (Lipinski definition) is 4. The van der Waals surface area contributed by atoms with E-state index in [1.807, 2.05) is 48.5 Å². The monoisotopic (exact) mass is 308 g/mol. The zero-order valence-electron chi connectivity index (χ0n) is 12.5. The molecular weight excluding hydrogens is 292 g/mol. The van der Waals surface area contributed by atoms with Crippen molar-refractivity contribution in [3.63, 3.8) is 0 Å². The normalized spacial score (nSPS) is 16.6. The summed E-state index contributed by atoms with van der Waals surface area (Å²) in [5, 5.41) is 7.97. The van der Waals surface area contributed by atoms with Crippen LogP contribution in [0.25, 0.3) is 11.0 Å². The largest absolute Gasteiger partial charge is 0.493 e. The summed E-state index contributed by atoms with van der Waals surface area (Å²) in [7, 11) is 0. The number of ether oxygens (including phenoxy) is 1. The molecule has 4 rings (SSSR count). The molecule has 2 aromatic carbocycles. The molecule has 1 amide bonds. The van der Waals surface area contributed by atoms with E-state index in [0.717, 1.165) is 23.1 Å². The second-order valence-electron chi connectivity index (χ2n) is 5.60. The van der Waals surface area contributed by atoms with Gasteiger partial charge < -0.3 is 14.6 Å². The van der Waals surface area contributed by atoms with E-state index in [1.165, 1.54) is 0 Å². The number of aromatic nitrogens is 1. The zero-order valence-corrected chi connectivity index (χ0v) is 12.5. The number of rotatable bonds is 3. The van der Waals surface area contributed by atoms with Crippen molar-refractivity contribution in [2.45, 2.75) is 18.9 Å². The van der Waals surface area contributed by atoms with Gasteiger partial charge in [-0.25, -0.2) is 0 Å². The summed E-state index contributed by atoms with van der Waals surface area (Å²) < 4.78 is 10.9. The lowest BCUT2D eigenvalue weighted by atomic mass is 10.0. The molecule has 0 fully saturated rings. The van der Waals surface area contributed by atoms with Gasteiger partial charge in [0.05, 0.1) is 19.1 Å². The van der Waals surface area contributed by atoms with E-state index < -0.39 is 0 Å². The summed E-state index contributed by atoms with van der Waals surface area (Å²) in [6.45, 7) is 0.606. The molecule has 1 aromatic heterocycles. The first kappa shape index (κ1) is 13.8. The molecule has 0 spiro atoms. The fourth-order valence-corrected chi connectivity index (χ4v) is 2.96. The predicted molar refractivity (Wildman–Crippen MR) is 85.2 cm³/mol. The molecular formula is C18H16N2O3. The average molecular weight is 308 g/mol. The molecule has 1 unspecified atom stereocenters. The Morgan fingerprint density at radius 2 is 2.00 bits per heavy atom. The highest BCUT2D eigenvalue weighted by Gasteiger charge is 2.23. The quantitative estimate of drug-likeness (QED) is 0.808. The fraction of sp³-hybridized carbons (Fsp3) is 0.222. The fourth-order valence-electron chi connectivity index (χ4n) is 2.96. The topological polar surface area (TPSA) is 64.4 Å². The van der Waals surface area contributed by atoms with Crippen molar-refractivity contribution in [2.75, 3.05) is 6.61 Å². The third-order valence-electron chi connectivity index (χ3n) is 4.07. The van der Waals surface area contributed by atoms with Crippen molar-refractivity contribution >= 4 is 16.9 Å². The highest BCUT2D eigenvalue weighted by Crippen LogP contribution is 2.31. The minimum atomic E-state index is -0.0641. The second-order valence-corrected chi connectivity index (χ2v) is 5.60. The molecule has 5 nitrogen and oxygen atoms in total. The van der Waals surface area contributed by atoms with E-state index in [-0.39, 0.29) is 18.4 Å². The standard InChI is InChI=1S/C18H16N2O3/c21-18(11-15-13-6-2-4-8-17(13)23-20-15)19-14-9-10-22-16-7-3-1-5-12(14)16/h1-8,14H,9-11H2,(H,19,21). The number of hydrogen-bond donors (Lipinski definition) is 1. The minimum Gasteiger partial charge on any atom is -0.493 e. The van der Waals surface area contributed by atoms with Crippen LogP contribution in [0.4, 0.5) is 0 Å². The van der Waals surface area contributed by atoms with Gasteiger partial charge in [-0.2, -0.15) is 0 Å². The molecule has 0 bridgehead atoms. The van der Waals surface area contributed by atoms with Crippen molar-refractivity contribution in [2.24, 2.45) is 0 Å². The lowest BCUT2D eigenvalue weighted by Gasteiger charge is -2.26. The van der Waals surface area contributed by atoms with E-state index in [9.17, 15) is 4.79 Å². The summed E-state index contributed by atoms with van der Waals surface area (Å²) in [4.78, 5) is 12.4. The van der Waals surface area contributed by atoms with Crippen LogP contribution < -0.4 is 10.1 Å². The number of carbonyl (C=O) groups is 1. The highest BCUT2D eigenvalue weighted by atomic mass is 16.5. The number of carbonyl (C=O) groups excluding carboxylic acids is 1. The smallest absolute Gasteiger partial charge is 0.226 e. The van der Waals surface area contributed by atoms with Crippen LogP contribution in [0.2, 0.25) is 0 Å². The molecule has 1 N–H and O–H groups in total. The van der Waals surface area contributed by atoms with Crippen LogP contribution in [-0.4, -0.2) is 17.7 Å². The van der Waals surface area contributed by atoms with Crippen molar-refractivity contribution in [1.82, 2.24) is 10.5 Å². The van der Waals surface area contributed by atoms with Gasteiger partial charge in [-0.15, -0.1) is 0 Å². The van der Waals surface area contributed by atoms with Crippen LogP contribution in [0.5, 0.6) is 5.75 Å². The minimum absolute atomic E-state index is 0.0226. The SMILES string of the molecule is O=C(Cc1noc2ccccc12)NC1CCOc2ccccc21. The maximum Gasteiger partial charge on any atom is 0.226 e.